The quantitative estimate of drug-likeness (QED) is 0.696. The fourth-order valence-corrected chi connectivity index (χ4v) is 4.88. The van der Waals surface area contributed by atoms with E-state index in [1.54, 1.807) is 12.1 Å². The first-order chi connectivity index (χ1) is 13.4. The third kappa shape index (κ3) is 5.09. The maximum atomic E-state index is 13.1. The van der Waals surface area contributed by atoms with E-state index in [2.05, 4.69) is 21.2 Å². The van der Waals surface area contributed by atoms with Crippen molar-refractivity contribution in [3.63, 3.8) is 0 Å². The molecule has 0 aromatic heterocycles. The number of carbonyl (C=O) groups excluding carboxylic acids is 1. The molecule has 0 atom stereocenters. The van der Waals surface area contributed by atoms with Crippen LogP contribution in [0.3, 0.4) is 0 Å². The number of benzene rings is 2. The Bertz CT molecular complexity index is 945. The van der Waals surface area contributed by atoms with Gasteiger partial charge in [-0.25, -0.2) is 12.8 Å². The maximum Gasteiger partial charge on any atom is 0.262 e. The minimum absolute atomic E-state index is 0.207. The lowest BCUT2D eigenvalue weighted by molar-refractivity contribution is -0.118. The molecule has 1 amide bonds. The summed E-state index contributed by atoms with van der Waals surface area (Å²) in [5.74, 6) is -0.481. The van der Waals surface area contributed by atoms with E-state index in [1.165, 1.54) is 34.6 Å². The molecule has 1 aliphatic rings. The Hall–Kier alpha value is -1.97. The number of ether oxygens (including phenoxy) is 1. The molecule has 3 rings (SSSR count). The minimum Gasteiger partial charge on any atom is -0.483 e. The summed E-state index contributed by atoms with van der Waals surface area (Å²) in [6.07, 6.45) is 2.79. The Labute approximate surface area is 171 Å². The average molecular weight is 471 g/mol. The number of rotatable bonds is 6. The van der Waals surface area contributed by atoms with Gasteiger partial charge in [-0.05, 0) is 71.2 Å². The van der Waals surface area contributed by atoms with Gasteiger partial charge in [-0.1, -0.05) is 6.42 Å². The molecule has 0 spiro atoms. The van der Waals surface area contributed by atoms with Gasteiger partial charge in [0.05, 0.1) is 9.37 Å². The van der Waals surface area contributed by atoms with Crippen molar-refractivity contribution in [2.45, 2.75) is 24.2 Å². The van der Waals surface area contributed by atoms with Crippen LogP contribution in [-0.4, -0.2) is 38.3 Å². The topological polar surface area (TPSA) is 75.7 Å². The van der Waals surface area contributed by atoms with E-state index in [0.717, 1.165) is 19.3 Å². The van der Waals surface area contributed by atoms with Crippen LogP contribution >= 0.6 is 15.9 Å². The third-order valence-electron chi connectivity index (χ3n) is 4.34. The van der Waals surface area contributed by atoms with Crippen molar-refractivity contribution in [1.29, 1.82) is 0 Å². The second kappa shape index (κ2) is 9.02. The van der Waals surface area contributed by atoms with Crippen LogP contribution in [0.2, 0.25) is 0 Å². The van der Waals surface area contributed by atoms with Crippen molar-refractivity contribution in [2.24, 2.45) is 0 Å². The largest absolute Gasteiger partial charge is 0.483 e. The number of sulfonamides is 1. The number of carbonyl (C=O) groups is 1. The minimum atomic E-state index is -3.50. The van der Waals surface area contributed by atoms with Crippen LogP contribution in [0.5, 0.6) is 5.75 Å². The van der Waals surface area contributed by atoms with Gasteiger partial charge in [0.2, 0.25) is 10.0 Å². The fourth-order valence-electron chi connectivity index (χ4n) is 2.90. The molecule has 0 saturated carbocycles. The Morgan fingerprint density at radius 3 is 2.43 bits per heavy atom. The highest BCUT2D eigenvalue weighted by Crippen LogP contribution is 2.25. The van der Waals surface area contributed by atoms with E-state index in [-0.39, 0.29) is 11.5 Å². The summed E-state index contributed by atoms with van der Waals surface area (Å²) < 4.78 is 45.6. The molecule has 1 N–H and O–H groups in total. The first kappa shape index (κ1) is 20.8. The Morgan fingerprint density at radius 2 is 1.79 bits per heavy atom. The number of nitrogens with one attached hydrogen (secondary N) is 1. The molecule has 9 heteroatoms. The molecule has 2 aromatic rings. The molecular formula is C19H20BrFN2O4S. The van der Waals surface area contributed by atoms with Crippen LogP contribution in [0, 0.1) is 5.82 Å². The highest BCUT2D eigenvalue weighted by atomic mass is 79.9. The molecule has 150 valence electrons. The molecule has 6 nitrogen and oxygen atoms in total. The zero-order chi connectivity index (χ0) is 20.1. The molecule has 28 heavy (non-hydrogen) atoms. The molecule has 1 fully saturated rings. The van der Waals surface area contributed by atoms with Gasteiger partial charge in [0.25, 0.3) is 5.91 Å². The van der Waals surface area contributed by atoms with Crippen LogP contribution in [0.25, 0.3) is 0 Å². The van der Waals surface area contributed by atoms with Gasteiger partial charge in [0.1, 0.15) is 11.6 Å². The summed E-state index contributed by atoms with van der Waals surface area (Å²) in [7, 11) is -3.50. The van der Waals surface area contributed by atoms with Gasteiger partial charge in [-0.2, -0.15) is 4.31 Å². The summed E-state index contributed by atoms with van der Waals surface area (Å²) in [6.45, 7) is 0.812. The van der Waals surface area contributed by atoms with Gasteiger partial charge in [0, 0.05) is 18.8 Å². The van der Waals surface area contributed by atoms with Gasteiger partial charge < -0.3 is 10.1 Å². The summed E-state index contributed by atoms with van der Waals surface area (Å²) in [5.41, 5.74) is 0.462. The molecule has 1 heterocycles. The number of halogens is 2. The summed E-state index contributed by atoms with van der Waals surface area (Å²) >= 11 is 3.17. The first-order valence-electron chi connectivity index (χ1n) is 8.84. The van der Waals surface area contributed by atoms with Crippen LogP contribution in [-0.2, 0) is 14.8 Å². The molecule has 1 saturated heterocycles. The van der Waals surface area contributed by atoms with Gasteiger partial charge in [-0.15, -0.1) is 0 Å². The van der Waals surface area contributed by atoms with Crippen LogP contribution in [0.4, 0.5) is 10.1 Å². The number of anilines is 1. The van der Waals surface area contributed by atoms with E-state index in [9.17, 15) is 17.6 Å². The van der Waals surface area contributed by atoms with Gasteiger partial charge in [-0.3, -0.25) is 4.79 Å². The van der Waals surface area contributed by atoms with E-state index >= 15 is 0 Å². The van der Waals surface area contributed by atoms with E-state index < -0.39 is 21.7 Å². The van der Waals surface area contributed by atoms with Crippen molar-refractivity contribution >= 4 is 37.5 Å². The predicted octanol–water partition coefficient (Wildman–Crippen LogP) is 3.78. The fraction of sp³-hybridized carbons (Fsp3) is 0.316. The molecule has 2 aromatic carbocycles. The first-order valence-corrected chi connectivity index (χ1v) is 11.1. The Morgan fingerprint density at radius 1 is 1.11 bits per heavy atom. The lowest BCUT2D eigenvalue weighted by Crippen LogP contribution is -2.35. The Balaban J connectivity index is 1.58. The highest BCUT2D eigenvalue weighted by Gasteiger charge is 2.25. The lowest BCUT2D eigenvalue weighted by atomic mass is 10.2. The predicted molar refractivity (Wildman–Crippen MR) is 107 cm³/mol. The summed E-state index contributed by atoms with van der Waals surface area (Å²) in [6, 6.07) is 9.96. The number of nitrogens with zero attached hydrogens (tertiary/aromatic N) is 1. The van der Waals surface area contributed by atoms with Crippen molar-refractivity contribution in [1.82, 2.24) is 4.31 Å². The third-order valence-corrected chi connectivity index (χ3v) is 6.88. The van der Waals surface area contributed by atoms with Crippen molar-refractivity contribution in [2.75, 3.05) is 25.0 Å². The van der Waals surface area contributed by atoms with Crippen LogP contribution in [0.1, 0.15) is 19.3 Å². The van der Waals surface area contributed by atoms with Crippen molar-refractivity contribution in [3.8, 4) is 5.75 Å². The lowest BCUT2D eigenvalue weighted by Gasteiger charge is -2.25. The number of amides is 1. The number of piperidine rings is 1. The van der Waals surface area contributed by atoms with E-state index in [4.69, 9.17) is 4.74 Å². The maximum absolute atomic E-state index is 13.1. The number of hydrogen-bond acceptors (Lipinski definition) is 4. The number of hydrogen-bond donors (Lipinski definition) is 1. The molecule has 0 bridgehead atoms. The Kier molecular flexibility index (Phi) is 6.69. The van der Waals surface area contributed by atoms with E-state index in [0.29, 0.717) is 29.0 Å². The molecule has 0 radical (unpaired) electrons. The van der Waals surface area contributed by atoms with Gasteiger partial charge >= 0.3 is 0 Å². The van der Waals surface area contributed by atoms with Crippen LogP contribution in [0.15, 0.2) is 51.8 Å². The van der Waals surface area contributed by atoms with Crippen molar-refractivity contribution in [3.05, 3.63) is 52.8 Å². The second-order valence-corrected chi connectivity index (χ2v) is 9.19. The second-order valence-electron chi connectivity index (χ2n) is 6.40. The zero-order valence-corrected chi connectivity index (χ0v) is 17.4. The average Bonchev–Trinajstić information content (AvgIpc) is 2.68. The standard InChI is InChI=1S/C19H20BrFN2O4S/c20-17-12-14(21)4-9-18(17)27-13-19(24)22-15-5-7-16(8-6-15)28(25,26)23-10-2-1-3-11-23/h4-9,12H,1-3,10-11,13H2,(H,22,24). The molecular weight excluding hydrogens is 451 g/mol. The highest BCUT2D eigenvalue weighted by molar-refractivity contribution is 9.10. The summed E-state index contributed by atoms with van der Waals surface area (Å²) in [5, 5.41) is 2.64. The monoisotopic (exact) mass is 470 g/mol. The van der Waals surface area contributed by atoms with Crippen molar-refractivity contribution < 1.29 is 22.3 Å². The van der Waals surface area contributed by atoms with Crippen LogP contribution < -0.4 is 10.1 Å². The van der Waals surface area contributed by atoms with E-state index in [1.807, 2.05) is 0 Å². The van der Waals surface area contributed by atoms with Gasteiger partial charge in [0.15, 0.2) is 6.61 Å². The molecule has 0 unspecified atom stereocenters. The normalized spacial score (nSPS) is 15.2. The smallest absolute Gasteiger partial charge is 0.262 e. The molecule has 0 aliphatic carbocycles. The zero-order valence-electron chi connectivity index (χ0n) is 15.0. The summed E-state index contributed by atoms with van der Waals surface area (Å²) in [4.78, 5) is 12.2. The molecule has 1 aliphatic heterocycles. The SMILES string of the molecule is O=C(COc1ccc(F)cc1Br)Nc1ccc(S(=O)(=O)N2CCCCC2)cc1.